The molecule has 3 N–H and O–H groups in total. The number of hydrogen-bond acceptors (Lipinski definition) is 4. The number of hydrazone groups is 1. The van der Waals surface area contributed by atoms with Gasteiger partial charge in [0.15, 0.2) is 5.11 Å². The molecule has 1 rings (SSSR count). The summed E-state index contributed by atoms with van der Waals surface area (Å²) in [6.07, 6.45) is 3.13. The van der Waals surface area contributed by atoms with E-state index >= 15 is 0 Å². The minimum Gasteiger partial charge on any atom is -0.497 e. The minimum absolute atomic E-state index is 0.115. The van der Waals surface area contributed by atoms with Crippen molar-refractivity contribution in [1.29, 1.82) is 0 Å². The molecule has 1 aromatic rings. The van der Waals surface area contributed by atoms with E-state index < -0.39 is 0 Å². The fourth-order valence-electron chi connectivity index (χ4n) is 0.788. The van der Waals surface area contributed by atoms with Gasteiger partial charge in [-0.25, -0.2) is 0 Å². The number of ether oxygens (including phenoxy) is 1. The van der Waals surface area contributed by atoms with Crippen LogP contribution in [-0.4, -0.2) is 23.4 Å². The van der Waals surface area contributed by atoms with Gasteiger partial charge in [-0.3, -0.25) is 10.4 Å². The van der Waals surface area contributed by atoms with Crippen LogP contribution in [0.25, 0.3) is 0 Å². The number of nitrogens with zero attached hydrogens (tertiary/aromatic N) is 2. The molecular formula is C8H10N4OS. The van der Waals surface area contributed by atoms with E-state index in [9.17, 15) is 0 Å². The lowest BCUT2D eigenvalue weighted by Crippen LogP contribution is -2.24. The highest BCUT2D eigenvalue weighted by atomic mass is 32.1. The molecule has 6 heteroatoms. The van der Waals surface area contributed by atoms with Crippen molar-refractivity contribution >= 4 is 23.5 Å². The van der Waals surface area contributed by atoms with Gasteiger partial charge < -0.3 is 10.5 Å². The third kappa shape index (κ3) is 3.36. The molecule has 0 bridgehead atoms. The number of nitrogens with two attached hydrogens (primary N) is 1. The molecule has 0 aliphatic heterocycles. The van der Waals surface area contributed by atoms with E-state index in [4.69, 9.17) is 10.5 Å². The van der Waals surface area contributed by atoms with Crippen molar-refractivity contribution in [3.63, 3.8) is 0 Å². The molecule has 0 spiro atoms. The zero-order chi connectivity index (χ0) is 10.4. The molecule has 74 valence electrons. The average Bonchev–Trinajstić information content (AvgIpc) is 2.18. The van der Waals surface area contributed by atoms with E-state index in [0.717, 1.165) is 5.75 Å². The van der Waals surface area contributed by atoms with Crippen molar-refractivity contribution in [2.45, 2.75) is 0 Å². The van der Waals surface area contributed by atoms with E-state index in [2.05, 4.69) is 27.7 Å². The van der Waals surface area contributed by atoms with Crippen LogP contribution in [0.1, 0.15) is 5.69 Å². The predicted molar refractivity (Wildman–Crippen MR) is 58.3 cm³/mol. The molecule has 14 heavy (non-hydrogen) atoms. The first-order valence-electron chi connectivity index (χ1n) is 3.81. The Balaban J connectivity index is 2.66. The summed E-state index contributed by atoms with van der Waals surface area (Å²) in [6.45, 7) is 0. The summed E-state index contributed by atoms with van der Waals surface area (Å²) in [5.41, 5.74) is 8.26. The Bertz CT molecular complexity index is 353. The van der Waals surface area contributed by atoms with E-state index in [1.165, 1.54) is 6.21 Å². The zero-order valence-electron chi connectivity index (χ0n) is 7.60. The number of pyridine rings is 1. The number of aromatic nitrogens is 1. The highest BCUT2D eigenvalue weighted by Gasteiger charge is 1.92. The summed E-state index contributed by atoms with van der Waals surface area (Å²) in [4.78, 5) is 4.03. The molecule has 0 atom stereocenters. The van der Waals surface area contributed by atoms with Gasteiger partial charge >= 0.3 is 0 Å². The second kappa shape index (κ2) is 5.13. The molecule has 5 nitrogen and oxygen atoms in total. The first-order chi connectivity index (χ1) is 6.72. The summed E-state index contributed by atoms with van der Waals surface area (Å²) < 4.78 is 5.01. The van der Waals surface area contributed by atoms with Gasteiger partial charge in [0.1, 0.15) is 5.75 Å². The van der Waals surface area contributed by atoms with E-state index in [0.29, 0.717) is 5.69 Å². The van der Waals surface area contributed by atoms with Crippen LogP contribution in [-0.2, 0) is 0 Å². The summed E-state index contributed by atoms with van der Waals surface area (Å²) in [5.74, 6) is 0.719. The molecule has 1 aromatic heterocycles. The van der Waals surface area contributed by atoms with Gasteiger partial charge in [0.05, 0.1) is 19.0 Å². The molecule has 0 saturated carbocycles. The standard InChI is InChI=1S/C8H10N4OS/c1-13-7-2-3-10-6(4-7)5-11-12-8(9)14/h2-5H,1H3,(H3,9,12,14)/b11-5+. The van der Waals surface area contributed by atoms with Crippen LogP contribution < -0.4 is 15.9 Å². The molecule has 0 aromatic carbocycles. The second-order valence-electron chi connectivity index (χ2n) is 2.35. The first kappa shape index (κ1) is 10.4. The lowest BCUT2D eigenvalue weighted by molar-refractivity contribution is 0.414. The SMILES string of the molecule is COc1ccnc(/C=N/NC(N)=S)c1. The Morgan fingerprint density at radius 1 is 1.79 bits per heavy atom. The van der Waals surface area contributed by atoms with Gasteiger partial charge in [0.25, 0.3) is 0 Å². The van der Waals surface area contributed by atoms with Gasteiger partial charge in [-0.2, -0.15) is 5.10 Å². The fraction of sp³-hybridized carbons (Fsp3) is 0.125. The lowest BCUT2D eigenvalue weighted by Gasteiger charge is -1.99. The maximum absolute atomic E-state index is 5.17. The van der Waals surface area contributed by atoms with E-state index in [-0.39, 0.29) is 5.11 Å². The summed E-state index contributed by atoms with van der Waals surface area (Å²) in [5, 5.41) is 3.87. The largest absolute Gasteiger partial charge is 0.497 e. The number of hydrogen-bond donors (Lipinski definition) is 2. The van der Waals surface area contributed by atoms with Gasteiger partial charge in [-0.1, -0.05) is 0 Å². The second-order valence-corrected chi connectivity index (χ2v) is 2.79. The van der Waals surface area contributed by atoms with Crippen molar-refractivity contribution in [2.75, 3.05) is 7.11 Å². The monoisotopic (exact) mass is 210 g/mol. The number of rotatable bonds is 3. The molecule has 0 aliphatic rings. The lowest BCUT2D eigenvalue weighted by atomic mass is 10.3. The average molecular weight is 210 g/mol. The van der Waals surface area contributed by atoms with E-state index in [1.807, 2.05) is 0 Å². The Kier molecular flexibility index (Phi) is 3.81. The maximum atomic E-state index is 5.17. The smallest absolute Gasteiger partial charge is 0.184 e. The number of methoxy groups -OCH3 is 1. The van der Waals surface area contributed by atoms with Crippen molar-refractivity contribution < 1.29 is 4.74 Å². The van der Waals surface area contributed by atoms with Crippen LogP contribution in [0.4, 0.5) is 0 Å². The van der Waals surface area contributed by atoms with Crippen LogP contribution in [0.5, 0.6) is 5.75 Å². The molecule has 0 fully saturated rings. The van der Waals surface area contributed by atoms with Crippen LogP contribution in [0.15, 0.2) is 23.4 Å². The minimum atomic E-state index is 0.115. The number of nitrogens with one attached hydrogen (secondary N) is 1. The third-order valence-corrected chi connectivity index (χ3v) is 1.45. The summed E-state index contributed by atoms with van der Waals surface area (Å²) >= 11 is 4.57. The van der Waals surface area contributed by atoms with Crippen LogP contribution in [0.2, 0.25) is 0 Å². The Hall–Kier alpha value is -1.69. The van der Waals surface area contributed by atoms with Crippen LogP contribution >= 0.6 is 12.2 Å². The van der Waals surface area contributed by atoms with Gasteiger partial charge in [0, 0.05) is 12.3 Å². The van der Waals surface area contributed by atoms with Crippen molar-refractivity contribution in [2.24, 2.45) is 10.8 Å². The van der Waals surface area contributed by atoms with Gasteiger partial charge in [0.2, 0.25) is 0 Å². The van der Waals surface area contributed by atoms with Crippen LogP contribution in [0, 0.1) is 0 Å². The summed E-state index contributed by atoms with van der Waals surface area (Å²) in [6, 6.07) is 3.49. The van der Waals surface area contributed by atoms with Crippen molar-refractivity contribution in [3.8, 4) is 5.75 Å². The topological polar surface area (TPSA) is 72.5 Å². The molecule has 0 radical (unpaired) electrons. The quantitative estimate of drug-likeness (QED) is 0.425. The highest BCUT2D eigenvalue weighted by Crippen LogP contribution is 2.07. The molecule has 0 saturated heterocycles. The van der Waals surface area contributed by atoms with Crippen molar-refractivity contribution in [3.05, 3.63) is 24.0 Å². The molecule has 0 amide bonds. The Morgan fingerprint density at radius 3 is 3.21 bits per heavy atom. The zero-order valence-corrected chi connectivity index (χ0v) is 8.41. The first-order valence-corrected chi connectivity index (χ1v) is 4.22. The van der Waals surface area contributed by atoms with E-state index in [1.54, 1.807) is 25.4 Å². The van der Waals surface area contributed by atoms with Gasteiger partial charge in [-0.05, 0) is 18.3 Å². The highest BCUT2D eigenvalue weighted by molar-refractivity contribution is 7.80. The number of thiocarbonyl (C=S) groups is 1. The van der Waals surface area contributed by atoms with Crippen molar-refractivity contribution in [1.82, 2.24) is 10.4 Å². The Morgan fingerprint density at radius 2 is 2.57 bits per heavy atom. The molecular weight excluding hydrogens is 200 g/mol. The Labute approximate surface area is 87.0 Å². The van der Waals surface area contributed by atoms with Crippen LogP contribution in [0.3, 0.4) is 0 Å². The fourth-order valence-corrected chi connectivity index (χ4v) is 0.840. The summed E-state index contributed by atoms with van der Waals surface area (Å²) in [7, 11) is 1.59. The molecule has 0 unspecified atom stereocenters. The van der Waals surface area contributed by atoms with Gasteiger partial charge in [-0.15, -0.1) is 0 Å². The maximum Gasteiger partial charge on any atom is 0.184 e. The predicted octanol–water partition coefficient (Wildman–Crippen LogP) is 0.257. The normalized spacial score (nSPS) is 10.1. The molecule has 0 aliphatic carbocycles. The third-order valence-electron chi connectivity index (χ3n) is 1.36. The molecule has 1 heterocycles.